The summed E-state index contributed by atoms with van der Waals surface area (Å²) in [4.78, 5) is 18.0. The molecule has 0 aliphatic carbocycles. The number of benzene rings is 1. The van der Waals surface area contributed by atoms with Crippen LogP contribution in [0.1, 0.15) is 36.0 Å². The number of hydrogen-bond acceptors (Lipinski definition) is 5. The summed E-state index contributed by atoms with van der Waals surface area (Å²) in [6, 6.07) is 6.48. The first-order chi connectivity index (χ1) is 12.8. The minimum absolute atomic E-state index is 0.131. The number of piperidine rings is 1. The van der Waals surface area contributed by atoms with E-state index in [0.29, 0.717) is 29.3 Å². The number of amides is 1. The van der Waals surface area contributed by atoms with Gasteiger partial charge in [-0.3, -0.25) is 9.69 Å². The van der Waals surface area contributed by atoms with Gasteiger partial charge in [-0.1, -0.05) is 0 Å². The number of carbonyl (C=O) groups is 1. The molecule has 5 aliphatic rings. The molecular weight excluding hydrogens is 332 g/mol. The molecule has 6 rings (SSSR count). The molecule has 1 amide bonds. The molecule has 5 heterocycles. The van der Waals surface area contributed by atoms with Crippen LogP contribution in [0.25, 0.3) is 0 Å². The number of hydrogen-bond donors (Lipinski definition) is 0. The van der Waals surface area contributed by atoms with Crippen molar-refractivity contribution in [2.75, 3.05) is 39.6 Å². The Morgan fingerprint density at radius 1 is 0.923 bits per heavy atom. The van der Waals surface area contributed by atoms with Crippen molar-refractivity contribution < 1.29 is 19.0 Å². The average Bonchev–Trinajstić information content (AvgIpc) is 2.97. The number of carbonyl (C=O) groups excluding carboxylic acids is 1. The van der Waals surface area contributed by atoms with Crippen molar-refractivity contribution in [1.29, 1.82) is 0 Å². The van der Waals surface area contributed by atoms with Gasteiger partial charge in [0.25, 0.3) is 5.91 Å². The molecule has 1 aromatic carbocycles. The molecule has 1 aromatic rings. The van der Waals surface area contributed by atoms with Gasteiger partial charge in [-0.05, 0) is 49.8 Å². The van der Waals surface area contributed by atoms with Crippen LogP contribution < -0.4 is 9.47 Å². The van der Waals surface area contributed by atoms with E-state index in [2.05, 4.69) is 9.80 Å². The van der Waals surface area contributed by atoms with Crippen molar-refractivity contribution in [1.82, 2.24) is 9.80 Å². The van der Waals surface area contributed by atoms with Crippen LogP contribution in [0, 0.1) is 5.92 Å². The van der Waals surface area contributed by atoms with Crippen molar-refractivity contribution in [2.24, 2.45) is 5.92 Å². The van der Waals surface area contributed by atoms with E-state index < -0.39 is 0 Å². The Balaban J connectivity index is 1.34. The van der Waals surface area contributed by atoms with Gasteiger partial charge in [0.15, 0.2) is 11.5 Å². The van der Waals surface area contributed by atoms with Gasteiger partial charge in [0.05, 0.1) is 0 Å². The third-order valence-corrected chi connectivity index (χ3v) is 6.33. The molecule has 140 valence electrons. The van der Waals surface area contributed by atoms with Crippen LogP contribution in [-0.4, -0.2) is 67.4 Å². The van der Waals surface area contributed by atoms with Gasteiger partial charge in [0.1, 0.15) is 0 Å². The number of nitrogens with zero attached hydrogens (tertiary/aromatic N) is 2. The molecule has 26 heavy (non-hydrogen) atoms. The fourth-order valence-corrected chi connectivity index (χ4v) is 4.91. The van der Waals surface area contributed by atoms with Crippen molar-refractivity contribution in [2.45, 2.75) is 37.8 Å². The molecule has 0 spiro atoms. The van der Waals surface area contributed by atoms with E-state index in [1.54, 1.807) is 0 Å². The van der Waals surface area contributed by atoms with Crippen LogP contribution in [0.2, 0.25) is 0 Å². The lowest BCUT2D eigenvalue weighted by Crippen LogP contribution is -2.48. The number of rotatable bonds is 2. The number of ether oxygens (including phenoxy) is 3. The molecular formula is C20H26N2O4. The zero-order valence-electron chi connectivity index (χ0n) is 15.1. The first-order valence-corrected chi connectivity index (χ1v) is 9.80. The van der Waals surface area contributed by atoms with Crippen molar-refractivity contribution in [3.8, 4) is 11.5 Å². The summed E-state index contributed by atoms with van der Waals surface area (Å²) in [6.07, 6.45) is 4.58. The molecule has 6 nitrogen and oxygen atoms in total. The van der Waals surface area contributed by atoms with E-state index in [9.17, 15) is 4.79 Å². The van der Waals surface area contributed by atoms with E-state index in [1.807, 2.05) is 18.2 Å². The largest absolute Gasteiger partial charge is 0.454 e. The molecule has 0 N–H and O–H groups in total. The highest BCUT2D eigenvalue weighted by molar-refractivity contribution is 5.95. The zero-order chi connectivity index (χ0) is 17.5. The van der Waals surface area contributed by atoms with Crippen molar-refractivity contribution in [3.63, 3.8) is 0 Å². The smallest absolute Gasteiger partial charge is 0.254 e. The molecule has 4 saturated heterocycles. The van der Waals surface area contributed by atoms with Gasteiger partial charge in [-0.2, -0.15) is 0 Å². The minimum Gasteiger partial charge on any atom is -0.454 e. The lowest BCUT2D eigenvalue weighted by atomic mass is 9.94. The molecule has 0 aromatic heterocycles. The number of fused-ring (bicyclic) bond motifs is 5. The maximum Gasteiger partial charge on any atom is 0.254 e. The van der Waals surface area contributed by atoms with Gasteiger partial charge in [0, 0.05) is 50.5 Å². The molecule has 0 unspecified atom stereocenters. The molecule has 2 atom stereocenters. The topological polar surface area (TPSA) is 51.2 Å². The first kappa shape index (κ1) is 16.4. The van der Waals surface area contributed by atoms with Crippen LogP contribution in [-0.2, 0) is 4.74 Å². The predicted octanol–water partition coefficient (Wildman–Crippen LogP) is 2.13. The Hall–Kier alpha value is -1.79. The fourth-order valence-electron chi connectivity index (χ4n) is 4.91. The van der Waals surface area contributed by atoms with Gasteiger partial charge < -0.3 is 19.1 Å². The van der Waals surface area contributed by atoms with Crippen LogP contribution in [0.4, 0.5) is 0 Å². The summed E-state index contributed by atoms with van der Waals surface area (Å²) >= 11 is 0. The van der Waals surface area contributed by atoms with E-state index in [1.165, 1.54) is 6.42 Å². The lowest BCUT2D eigenvalue weighted by molar-refractivity contribution is 0.0304. The van der Waals surface area contributed by atoms with E-state index in [4.69, 9.17) is 14.2 Å². The second-order valence-electron chi connectivity index (χ2n) is 7.92. The fraction of sp³-hybridized carbons (Fsp3) is 0.650. The van der Waals surface area contributed by atoms with Crippen LogP contribution in [0.3, 0.4) is 0 Å². The van der Waals surface area contributed by atoms with E-state index in [0.717, 1.165) is 57.9 Å². The van der Waals surface area contributed by atoms with Crippen LogP contribution >= 0.6 is 0 Å². The van der Waals surface area contributed by atoms with Crippen molar-refractivity contribution >= 4 is 5.91 Å². The van der Waals surface area contributed by atoms with Crippen LogP contribution in [0.5, 0.6) is 11.5 Å². The van der Waals surface area contributed by atoms with Gasteiger partial charge in [-0.25, -0.2) is 0 Å². The molecule has 2 bridgehead atoms. The molecule has 0 saturated carbocycles. The summed E-state index contributed by atoms with van der Waals surface area (Å²) < 4.78 is 16.3. The minimum atomic E-state index is 0.131. The SMILES string of the molecule is O=C(c1ccc2c(c1)OCO2)N1C[C@H]2CC[C@@H]1CN(C1CCOCC1)C2. The molecule has 5 aliphatic heterocycles. The second-order valence-corrected chi connectivity index (χ2v) is 7.92. The Morgan fingerprint density at radius 2 is 1.77 bits per heavy atom. The third-order valence-electron chi connectivity index (χ3n) is 6.33. The summed E-state index contributed by atoms with van der Waals surface area (Å²) in [5, 5.41) is 0. The summed E-state index contributed by atoms with van der Waals surface area (Å²) in [5.41, 5.74) is 0.708. The maximum atomic E-state index is 13.2. The first-order valence-electron chi connectivity index (χ1n) is 9.80. The highest BCUT2D eigenvalue weighted by atomic mass is 16.7. The maximum absolute atomic E-state index is 13.2. The highest BCUT2D eigenvalue weighted by Gasteiger charge is 2.39. The average molecular weight is 358 g/mol. The standard InChI is InChI=1S/C20H26N2O4/c23-20(15-2-4-18-19(9-15)26-13-25-18)22-11-14-1-3-17(22)12-21(10-14)16-5-7-24-8-6-16/h2,4,9,14,16-17H,1,3,5-8,10-13H2/t14-,17+/m0/s1. The summed E-state index contributed by atoms with van der Waals surface area (Å²) in [7, 11) is 0. The normalized spacial score (nSPS) is 29.0. The third kappa shape index (κ3) is 2.95. The Bertz CT molecular complexity index is 688. The Kier molecular flexibility index (Phi) is 4.25. The Morgan fingerprint density at radius 3 is 2.65 bits per heavy atom. The summed E-state index contributed by atoms with van der Waals surface area (Å²) in [6.45, 7) is 4.97. The van der Waals surface area contributed by atoms with Gasteiger partial charge >= 0.3 is 0 Å². The van der Waals surface area contributed by atoms with Crippen LogP contribution in [0.15, 0.2) is 18.2 Å². The zero-order valence-corrected chi connectivity index (χ0v) is 15.1. The monoisotopic (exact) mass is 358 g/mol. The van der Waals surface area contributed by atoms with Gasteiger partial charge in [0.2, 0.25) is 6.79 Å². The second kappa shape index (κ2) is 6.74. The molecule has 6 heteroatoms. The lowest BCUT2D eigenvalue weighted by Gasteiger charge is -2.37. The van der Waals surface area contributed by atoms with Gasteiger partial charge in [-0.15, -0.1) is 0 Å². The molecule has 4 fully saturated rings. The Labute approximate surface area is 154 Å². The summed E-state index contributed by atoms with van der Waals surface area (Å²) in [5.74, 6) is 2.12. The highest BCUT2D eigenvalue weighted by Crippen LogP contribution is 2.35. The predicted molar refractivity (Wildman–Crippen MR) is 95.5 cm³/mol. The molecule has 0 radical (unpaired) electrons. The van der Waals surface area contributed by atoms with Crippen molar-refractivity contribution in [3.05, 3.63) is 23.8 Å². The quantitative estimate of drug-likeness (QED) is 0.811. The van der Waals surface area contributed by atoms with E-state index >= 15 is 0 Å². The van der Waals surface area contributed by atoms with E-state index in [-0.39, 0.29) is 12.7 Å².